The smallest absolute Gasteiger partial charge is 0.162 e. The lowest BCUT2D eigenvalue weighted by molar-refractivity contribution is 0.355. The molecule has 0 amide bonds. The van der Waals surface area contributed by atoms with Gasteiger partial charge in [0.2, 0.25) is 0 Å². The van der Waals surface area contributed by atoms with Crippen LogP contribution in [0.1, 0.15) is 32.6 Å². The van der Waals surface area contributed by atoms with E-state index in [0.717, 1.165) is 18.7 Å². The molecule has 4 nitrogen and oxygen atoms in total. The first-order valence-corrected chi connectivity index (χ1v) is 7.93. The van der Waals surface area contributed by atoms with Gasteiger partial charge in [0.15, 0.2) is 11.5 Å². The van der Waals surface area contributed by atoms with Gasteiger partial charge in [-0.15, -0.1) is 0 Å². The number of rotatable bonds is 6. The highest BCUT2D eigenvalue weighted by atomic mass is 35.5. The Balaban J connectivity index is 2.00. The molecule has 1 aliphatic heterocycles. The molecule has 1 aromatic carbocycles. The SMILES string of the molecule is COc1cc(Cl)c(NC(C)CC2CCCCN2)cc1OC. The van der Waals surface area contributed by atoms with Crippen LogP contribution in [-0.4, -0.2) is 32.8 Å². The highest BCUT2D eigenvalue weighted by Gasteiger charge is 2.17. The van der Waals surface area contributed by atoms with Crippen molar-refractivity contribution in [3.05, 3.63) is 17.2 Å². The number of methoxy groups -OCH3 is 2. The minimum atomic E-state index is 0.344. The van der Waals surface area contributed by atoms with Gasteiger partial charge in [-0.2, -0.15) is 0 Å². The zero-order chi connectivity index (χ0) is 15.2. The first kappa shape index (κ1) is 16.2. The molecule has 2 unspecified atom stereocenters. The molecule has 0 spiro atoms. The first-order valence-electron chi connectivity index (χ1n) is 7.55. The van der Waals surface area contributed by atoms with Crippen LogP contribution >= 0.6 is 11.6 Å². The maximum Gasteiger partial charge on any atom is 0.162 e. The molecule has 1 fully saturated rings. The fourth-order valence-electron chi connectivity index (χ4n) is 2.84. The molecule has 0 aliphatic carbocycles. The maximum absolute atomic E-state index is 6.31. The van der Waals surface area contributed by atoms with Gasteiger partial charge in [0.1, 0.15) is 0 Å². The van der Waals surface area contributed by atoms with Crippen LogP contribution in [0.25, 0.3) is 0 Å². The van der Waals surface area contributed by atoms with Crippen molar-refractivity contribution in [3.8, 4) is 11.5 Å². The minimum Gasteiger partial charge on any atom is -0.493 e. The predicted octanol–water partition coefficient (Wildman–Crippen LogP) is 3.69. The molecule has 0 bridgehead atoms. The van der Waals surface area contributed by atoms with E-state index in [1.165, 1.54) is 19.3 Å². The molecule has 0 aromatic heterocycles. The molecule has 2 N–H and O–H groups in total. The number of nitrogens with one attached hydrogen (secondary N) is 2. The fraction of sp³-hybridized carbons (Fsp3) is 0.625. The van der Waals surface area contributed by atoms with E-state index in [4.69, 9.17) is 21.1 Å². The summed E-state index contributed by atoms with van der Waals surface area (Å²) in [6, 6.07) is 4.62. The van der Waals surface area contributed by atoms with E-state index in [2.05, 4.69) is 17.6 Å². The summed E-state index contributed by atoms with van der Waals surface area (Å²) >= 11 is 6.31. The van der Waals surface area contributed by atoms with Gasteiger partial charge in [-0.25, -0.2) is 0 Å². The zero-order valence-electron chi connectivity index (χ0n) is 13.0. The predicted molar refractivity (Wildman–Crippen MR) is 87.9 cm³/mol. The fourth-order valence-corrected chi connectivity index (χ4v) is 3.05. The molecule has 5 heteroatoms. The summed E-state index contributed by atoms with van der Waals surface area (Å²) in [5, 5.41) is 7.70. The van der Waals surface area contributed by atoms with Gasteiger partial charge in [0.25, 0.3) is 0 Å². The largest absolute Gasteiger partial charge is 0.493 e. The third-order valence-corrected chi connectivity index (χ3v) is 4.24. The van der Waals surface area contributed by atoms with Crippen LogP contribution < -0.4 is 20.1 Å². The first-order chi connectivity index (χ1) is 10.1. The quantitative estimate of drug-likeness (QED) is 0.840. The van der Waals surface area contributed by atoms with E-state index < -0.39 is 0 Å². The molecule has 1 aliphatic rings. The Kier molecular flexibility index (Phi) is 6.00. The number of hydrogen-bond acceptors (Lipinski definition) is 4. The number of ether oxygens (including phenoxy) is 2. The van der Waals surface area contributed by atoms with Gasteiger partial charge >= 0.3 is 0 Å². The van der Waals surface area contributed by atoms with E-state index in [1.54, 1.807) is 20.3 Å². The molecule has 2 atom stereocenters. The van der Waals surface area contributed by atoms with Crippen molar-refractivity contribution in [3.63, 3.8) is 0 Å². The summed E-state index contributed by atoms with van der Waals surface area (Å²) in [5.74, 6) is 1.34. The van der Waals surface area contributed by atoms with Crippen molar-refractivity contribution in [2.75, 3.05) is 26.1 Å². The number of piperidine rings is 1. The number of anilines is 1. The topological polar surface area (TPSA) is 42.5 Å². The van der Waals surface area contributed by atoms with E-state index in [9.17, 15) is 0 Å². The van der Waals surface area contributed by atoms with Gasteiger partial charge < -0.3 is 20.1 Å². The van der Waals surface area contributed by atoms with Crippen molar-refractivity contribution >= 4 is 17.3 Å². The summed E-state index contributed by atoms with van der Waals surface area (Å²) in [6.07, 6.45) is 4.96. The van der Waals surface area contributed by atoms with E-state index in [0.29, 0.717) is 28.6 Å². The Morgan fingerprint density at radius 3 is 2.62 bits per heavy atom. The third-order valence-electron chi connectivity index (χ3n) is 3.93. The average Bonchev–Trinajstić information content (AvgIpc) is 2.49. The number of benzene rings is 1. The van der Waals surface area contributed by atoms with Gasteiger partial charge in [-0.1, -0.05) is 18.0 Å². The maximum atomic E-state index is 6.31. The van der Waals surface area contributed by atoms with Crippen molar-refractivity contribution in [1.29, 1.82) is 0 Å². The second-order valence-electron chi connectivity index (χ2n) is 5.61. The van der Waals surface area contributed by atoms with Crippen LogP contribution in [0.4, 0.5) is 5.69 Å². The van der Waals surface area contributed by atoms with Crippen LogP contribution in [0.3, 0.4) is 0 Å². The third kappa shape index (κ3) is 4.42. The van der Waals surface area contributed by atoms with Crippen LogP contribution in [0.5, 0.6) is 11.5 Å². The molecule has 0 radical (unpaired) electrons. The van der Waals surface area contributed by atoms with Gasteiger partial charge in [-0.3, -0.25) is 0 Å². The van der Waals surface area contributed by atoms with Gasteiger partial charge in [0, 0.05) is 24.2 Å². The summed E-state index contributed by atoms with van der Waals surface area (Å²) < 4.78 is 10.6. The summed E-state index contributed by atoms with van der Waals surface area (Å²) in [4.78, 5) is 0. The standard InChI is InChI=1S/C16H25ClN2O2/c1-11(8-12-6-4-5-7-18-12)19-14-10-16(21-3)15(20-2)9-13(14)17/h9-12,18-19H,4-8H2,1-3H3. The Bertz CT molecular complexity index is 462. The molecule has 0 saturated carbocycles. The Hall–Kier alpha value is -1.13. The summed E-state index contributed by atoms with van der Waals surface area (Å²) in [7, 11) is 3.24. The highest BCUT2D eigenvalue weighted by molar-refractivity contribution is 6.33. The zero-order valence-corrected chi connectivity index (χ0v) is 13.8. The number of hydrogen-bond donors (Lipinski definition) is 2. The van der Waals surface area contributed by atoms with Crippen molar-refractivity contribution in [1.82, 2.24) is 5.32 Å². The molecule has 1 aromatic rings. The molecule has 1 saturated heterocycles. The van der Waals surface area contributed by atoms with Crippen LogP contribution in [0.15, 0.2) is 12.1 Å². The second kappa shape index (κ2) is 7.76. The van der Waals surface area contributed by atoms with E-state index >= 15 is 0 Å². The summed E-state index contributed by atoms with van der Waals surface area (Å²) in [5.41, 5.74) is 0.887. The molecule has 21 heavy (non-hydrogen) atoms. The number of halogens is 1. The lowest BCUT2D eigenvalue weighted by Gasteiger charge is -2.27. The minimum absolute atomic E-state index is 0.344. The van der Waals surface area contributed by atoms with Crippen LogP contribution in [0.2, 0.25) is 5.02 Å². The van der Waals surface area contributed by atoms with Crippen molar-refractivity contribution in [2.45, 2.75) is 44.7 Å². The van der Waals surface area contributed by atoms with Crippen molar-refractivity contribution < 1.29 is 9.47 Å². The van der Waals surface area contributed by atoms with E-state index in [-0.39, 0.29) is 0 Å². The van der Waals surface area contributed by atoms with Crippen LogP contribution in [-0.2, 0) is 0 Å². The van der Waals surface area contributed by atoms with Gasteiger partial charge in [0.05, 0.1) is 24.9 Å². The monoisotopic (exact) mass is 312 g/mol. The summed E-state index contributed by atoms with van der Waals surface area (Å²) in [6.45, 7) is 3.32. The molecule has 118 valence electrons. The Labute approximate surface area is 132 Å². The molecular weight excluding hydrogens is 288 g/mol. The van der Waals surface area contributed by atoms with Crippen LogP contribution in [0, 0.1) is 0 Å². The lowest BCUT2D eigenvalue weighted by atomic mass is 9.98. The average molecular weight is 313 g/mol. The lowest BCUT2D eigenvalue weighted by Crippen LogP contribution is -2.37. The highest BCUT2D eigenvalue weighted by Crippen LogP contribution is 2.36. The van der Waals surface area contributed by atoms with Gasteiger partial charge in [-0.05, 0) is 32.7 Å². The second-order valence-corrected chi connectivity index (χ2v) is 6.02. The molecule has 2 rings (SSSR count). The normalized spacial score (nSPS) is 19.9. The van der Waals surface area contributed by atoms with Crippen molar-refractivity contribution in [2.24, 2.45) is 0 Å². The molecule has 1 heterocycles. The Morgan fingerprint density at radius 2 is 2.00 bits per heavy atom. The van der Waals surface area contributed by atoms with E-state index in [1.807, 2.05) is 6.07 Å². The Morgan fingerprint density at radius 1 is 1.29 bits per heavy atom. The molecular formula is C16H25ClN2O2.